The van der Waals surface area contributed by atoms with E-state index in [0.29, 0.717) is 37.7 Å². The first kappa shape index (κ1) is 20.9. The number of hydrogen-bond acceptors (Lipinski definition) is 5. The van der Waals surface area contributed by atoms with Crippen LogP contribution >= 0.6 is 0 Å². The number of hydrogen-bond donors (Lipinski definition) is 1. The van der Waals surface area contributed by atoms with Crippen LogP contribution in [0.1, 0.15) is 5.56 Å². The average Bonchev–Trinajstić information content (AvgIpc) is 2.67. The predicted octanol–water partition coefficient (Wildman–Crippen LogP) is 3.32. The number of amides is 1. The second kappa shape index (κ2) is 11.3. The number of carbonyl (C=O) groups is 1. The molecule has 2 aromatic carbocycles. The van der Waals surface area contributed by atoms with Gasteiger partial charge in [0.15, 0.2) is 5.75 Å². The van der Waals surface area contributed by atoms with Crippen LogP contribution in [0.25, 0.3) is 0 Å². The number of ether oxygens (including phenoxy) is 3. The van der Waals surface area contributed by atoms with Crippen LogP contribution in [-0.2, 0) is 14.3 Å². The molecule has 0 saturated heterocycles. The molecule has 0 radical (unpaired) electrons. The first-order chi connectivity index (χ1) is 13.1. The largest absolute Gasteiger partial charge is 0.455 e. The fourth-order valence-corrected chi connectivity index (χ4v) is 2.50. The summed E-state index contributed by atoms with van der Waals surface area (Å²) in [5.41, 5.74) is 1.80. The summed E-state index contributed by atoms with van der Waals surface area (Å²) in [6.45, 7) is 4.72. The maximum absolute atomic E-state index is 12.5. The molecule has 6 nitrogen and oxygen atoms in total. The van der Waals surface area contributed by atoms with Gasteiger partial charge in [-0.3, -0.25) is 9.69 Å². The Morgan fingerprint density at radius 3 is 2.22 bits per heavy atom. The highest BCUT2D eigenvalue weighted by Gasteiger charge is 2.13. The van der Waals surface area contributed by atoms with Crippen molar-refractivity contribution in [2.45, 2.75) is 6.92 Å². The predicted molar refractivity (Wildman–Crippen MR) is 107 cm³/mol. The molecular formula is C21H28N2O4. The maximum atomic E-state index is 12.5. The third-order valence-electron chi connectivity index (χ3n) is 4.00. The van der Waals surface area contributed by atoms with Gasteiger partial charge in [-0.25, -0.2) is 0 Å². The van der Waals surface area contributed by atoms with E-state index in [0.717, 1.165) is 11.3 Å². The van der Waals surface area contributed by atoms with Crippen molar-refractivity contribution >= 4 is 11.6 Å². The fourth-order valence-electron chi connectivity index (χ4n) is 2.50. The number of anilines is 1. The van der Waals surface area contributed by atoms with Crippen molar-refractivity contribution in [3.05, 3.63) is 54.1 Å². The van der Waals surface area contributed by atoms with Crippen LogP contribution in [0, 0.1) is 6.92 Å². The SMILES string of the molecule is COCCN(CCOC)CC(=O)Nc1ccccc1Oc1ccc(C)cc1. The first-order valence-electron chi connectivity index (χ1n) is 8.96. The summed E-state index contributed by atoms with van der Waals surface area (Å²) in [4.78, 5) is 14.5. The molecule has 0 spiro atoms. The van der Waals surface area contributed by atoms with E-state index < -0.39 is 0 Å². The lowest BCUT2D eigenvalue weighted by molar-refractivity contribution is -0.117. The van der Waals surface area contributed by atoms with Gasteiger partial charge >= 0.3 is 0 Å². The molecule has 0 aromatic heterocycles. The third-order valence-corrected chi connectivity index (χ3v) is 4.00. The molecule has 27 heavy (non-hydrogen) atoms. The summed E-state index contributed by atoms with van der Waals surface area (Å²) in [5, 5.41) is 2.94. The number of aryl methyl sites for hydroxylation is 1. The van der Waals surface area contributed by atoms with E-state index in [1.807, 2.05) is 60.4 Å². The van der Waals surface area contributed by atoms with Crippen LogP contribution in [0.5, 0.6) is 11.5 Å². The fraction of sp³-hybridized carbons (Fsp3) is 0.381. The molecule has 0 fully saturated rings. The summed E-state index contributed by atoms with van der Waals surface area (Å²) in [7, 11) is 3.29. The highest BCUT2D eigenvalue weighted by Crippen LogP contribution is 2.29. The smallest absolute Gasteiger partial charge is 0.238 e. The Balaban J connectivity index is 2.00. The minimum Gasteiger partial charge on any atom is -0.455 e. The van der Waals surface area contributed by atoms with E-state index in [1.165, 1.54) is 0 Å². The lowest BCUT2D eigenvalue weighted by atomic mass is 10.2. The number of nitrogens with zero attached hydrogens (tertiary/aromatic N) is 1. The quantitative estimate of drug-likeness (QED) is 0.656. The van der Waals surface area contributed by atoms with Gasteiger partial charge in [0, 0.05) is 27.3 Å². The van der Waals surface area contributed by atoms with Crippen molar-refractivity contribution in [3.63, 3.8) is 0 Å². The monoisotopic (exact) mass is 372 g/mol. The molecule has 6 heteroatoms. The molecule has 1 amide bonds. The number of benzene rings is 2. The van der Waals surface area contributed by atoms with E-state index in [4.69, 9.17) is 14.2 Å². The van der Waals surface area contributed by atoms with Crippen LogP contribution in [0.3, 0.4) is 0 Å². The molecule has 0 aliphatic rings. The highest BCUT2D eigenvalue weighted by atomic mass is 16.5. The van der Waals surface area contributed by atoms with Crippen LogP contribution < -0.4 is 10.1 Å². The molecule has 146 valence electrons. The van der Waals surface area contributed by atoms with Crippen molar-refractivity contribution in [3.8, 4) is 11.5 Å². The zero-order chi connectivity index (χ0) is 19.5. The zero-order valence-corrected chi connectivity index (χ0v) is 16.2. The minimum absolute atomic E-state index is 0.109. The van der Waals surface area contributed by atoms with Crippen molar-refractivity contribution < 1.29 is 19.0 Å². The maximum Gasteiger partial charge on any atom is 0.238 e. The molecule has 2 aromatic rings. The van der Waals surface area contributed by atoms with Gasteiger partial charge in [-0.15, -0.1) is 0 Å². The standard InChI is InChI=1S/C21H28N2O4/c1-17-8-10-18(11-9-17)27-20-7-5-4-6-19(20)22-21(24)16-23(12-14-25-2)13-15-26-3/h4-11H,12-16H2,1-3H3,(H,22,24). The molecule has 1 N–H and O–H groups in total. The van der Waals surface area contributed by atoms with E-state index in [1.54, 1.807) is 14.2 Å². The van der Waals surface area contributed by atoms with Crippen LogP contribution in [0.2, 0.25) is 0 Å². The Morgan fingerprint density at radius 1 is 0.963 bits per heavy atom. The molecule has 0 aliphatic carbocycles. The number of para-hydroxylation sites is 2. The normalized spacial score (nSPS) is 10.8. The molecular weight excluding hydrogens is 344 g/mol. The number of methoxy groups -OCH3 is 2. The van der Waals surface area contributed by atoms with Gasteiger partial charge in [-0.2, -0.15) is 0 Å². The van der Waals surface area contributed by atoms with Crippen LogP contribution in [-0.4, -0.2) is 57.9 Å². The third kappa shape index (κ3) is 7.38. The lowest BCUT2D eigenvalue weighted by Crippen LogP contribution is -2.37. The van der Waals surface area contributed by atoms with Crippen LogP contribution in [0.4, 0.5) is 5.69 Å². The molecule has 0 heterocycles. The summed E-state index contributed by atoms with van der Waals surface area (Å²) >= 11 is 0. The van der Waals surface area contributed by atoms with Gasteiger partial charge in [0.05, 0.1) is 25.4 Å². The zero-order valence-electron chi connectivity index (χ0n) is 16.2. The molecule has 0 unspecified atom stereocenters. The number of carbonyl (C=O) groups excluding carboxylic acids is 1. The van der Waals surface area contributed by atoms with E-state index >= 15 is 0 Å². The number of nitrogens with one attached hydrogen (secondary N) is 1. The van der Waals surface area contributed by atoms with Gasteiger partial charge in [-0.05, 0) is 31.2 Å². The summed E-state index contributed by atoms with van der Waals surface area (Å²) in [6, 6.07) is 15.2. The van der Waals surface area contributed by atoms with Crippen molar-refractivity contribution in [1.82, 2.24) is 4.90 Å². The first-order valence-corrected chi connectivity index (χ1v) is 8.96. The van der Waals surface area contributed by atoms with Gasteiger partial charge in [0.25, 0.3) is 0 Å². The van der Waals surface area contributed by atoms with Crippen LogP contribution in [0.15, 0.2) is 48.5 Å². The second-order valence-corrected chi connectivity index (χ2v) is 6.22. The molecule has 0 saturated carbocycles. The van der Waals surface area contributed by atoms with Gasteiger partial charge in [0.1, 0.15) is 5.75 Å². The highest BCUT2D eigenvalue weighted by molar-refractivity contribution is 5.93. The second-order valence-electron chi connectivity index (χ2n) is 6.22. The summed E-state index contributed by atoms with van der Waals surface area (Å²) in [6.07, 6.45) is 0. The Hall–Kier alpha value is -2.41. The van der Waals surface area contributed by atoms with E-state index in [9.17, 15) is 4.79 Å². The minimum atomic E-state index is -0.109. The molecule has 2 rings (SSSR count). The van der Waals surface area contributed by atoms with Crippen molar-refractivity contribution in [2.75, 3.05) is 52.4 Å². The Bertz CT molecular complexity index is 696. The van der Waals surface area contributed by atoms with Gasteiger partial charge < -0.3 is 19.5 Å². The lowest BCUT2D eigenvalue weighted by Gasteiger charge is -2.21. The van der Waals surface area contributed by atoms with E-state index in [-0.39, 0.29) is 12.5 Å². The summed E-state index contributed by atoms with van der Waals surface area (Å²) < 4.78 is 16.2. The van der Waals surface area contributed by atoms with E-state index in [2.05, 4.69) is 5.32 Å². The topological polar surface area (TPSA) is 60.0 Å². The number of rotatable bonds is 11. The Kier molecular flexibility index (Phi) is 8.77. The van der Waals surface area contributed by atoms with Crippen molar-refractivity contribution in [1.29, 1.82) is 0 Å². The molecule has 0 atom stereocenters. The van der Waals surface area contributed by atoms with Gasteiger partial charge in [-0.1, -0.05) is 29.8 Å². The summed E-state index contributed by atoms with van der Waals surface area (Å²) in [5.74, 6) is 1.22. The Labute approximate surface area is 161 Å². The molecule has 0 aliphatic heterocycles. The van der Waals surface area contributed by atoms with Gasteiger partial charge in [0.2, 0.25) is 5.91 Å². The van der Waals surface area contributed by atoms with Crippen molar-refractivity contribution in [2.24, 2.45) is 0 Å². The average molecular weight is 372 g/mol. The Morgan fingerprint density at radius 2 is 1.59 bits per heavy atom. The molecule has 0 bridgehead atoms.